The SMILES string of the molecule is COc1ccc(NCCC2COCCN2)c(OC)c1. The Kier molecular flexibility index (Phi) is 5.30. The lowest BCUT2D eigenvalue weighted by molar-refractivity contribution is 0.0753. The predicted octanol–water partition coefficient (Wildman–Crippen LogP) is 1.49. The molecule has 0 amide bonds. The summed E-state index contributed by atoms with van der Waals surface area (Å²) in [6.07, 6.45) is 1.02. The number of hydrogen-bond donors (Lipinski definition) is 2. The van der Waals surface area contributed by atoms with Crippen molar-refractivity contribution in [3.05, 3.63) is 18.2 Å². The van der Waals surface area contributed by atoms with Gasteiger partial charge in [-0.25, -0.2) is 0 Å². The van der Waals surface area contributed by atoms with Crippen molar-refractivity contribution in [3.63, 3.8) is 0 Å². The number of ether oxygens (including phenoxy) is 3. The lowest BCUT2D eigenvalue weighted by atomic mass is 10.2. The molecule has 1 aromatic rings. The first-order valence-corrected chi connectivity index (χ1v) is 6.60. The van der Waals surface area contributed by atoms with E-state index >= 15 is 0 Å². The Labute approximate surface area is 114 Å². The van der Waals surface area contributed by atoms with Crippen LogP contribution in [-0.2, 0) is 4.74 Å². The number of methoxy groups -OCH3 is 2. The van der Waals surface area contributed by atoms with Crippen LogP contribution in [0.5, 0.6) is 11.5 Å². The fraction of sp³-hybridized carbons (Fsp3) is 0.571. The standard InChI is InChI=1S/C14H22N2O3/c1-17-12-3-4-13(14(9-12)18-2)16-6-5-11-10-19-8-7-15-11/h3-4,9,11,15-16H,5-8,10H2,1-2H3. The molecule has 5 heteroatoms. The molecule has 0 radical (unpaired) electrons. The number of benzene rings is 1. The Balaban J connectivity index is 1.84. The molecule has 1 fully saturated rings. The monoisotopic (exact) mass is 266 g/mol. The molecule has 1 unspecified atom stereocenters. The highest BCUT2D eigenvalue weighted by Gasteiger charge is 2.12. The average molecular weight is 266 g/mol. The molecule has 1 saturated heterocycles. The van der Waals surface area contributed by atoms with Crippen LogP contribution in [0.3, 0.4) is 0 Å². The van der Waals surface area contributed by atoms with Crippen LogP contribution in [0.1, 0.15) is 6.42 Å². The van der Waals surface area contributed by atoms with Crippen LogP contribution >= 0.6 is 0 Å². The van der Waals surface area contributed by atoms with E-state index in [1.165, 1.54) is 0 Å². The summed E-state index contributed by atoms with van der Waals surface area (Å²) >= 11 is 0. The summed E-state index contributed by atoms with van der Waals surface area (Å²) in [5.74, 6) is 1.59. The molecule has 2 N–H and O–H groups in total. The van der Waals surface area contributed by atoms with E-state index in [9.17, 15) is 0 Å². The highest BCUT2D eigenvalue weighted by atomic mass is 16.5. The van der Waals surface area contributed by atoms with E-state index in [0.29, 0.717) is 6.04 Å². The maximum Gasteiger partial charge on any atom is 0.145 e. The molecule has 1 atom stereocenters. The Hall–Kier alpha value is -1.46. The van der Waals surface area contributed by atoms with E-state index in [2.05, 4.69) is 10.6 Å². The van der Waals surface area contributed by atoms with Gasteiger partial charge < -0.3 is 24.8 Å². The first-order valence-electron chi connectivity index (χ1n) is 6.60. The molecule has 0 aromatic heterocycles. The maximum absolute atomic E-state index is 5.43. The molecule has 1 aliphatic rings. The molecule has 1 heterocycles. The molecule has 5 nitrogen and oxygen atoms in total. The summed E-state index contributed by atoms with van der Waals surface area (Å²) < 4.78 is 16.0. The Morgan fingerprint density at radius 3 is 2.95 bits per heavy atom. The van der Waals surface area contributed by atoms with Gasteiger partial charge in [0, 0.05) is 25.2 Å². The van der Waals surface area contributed by atoms with Crippen molar-refractivity contribution in [1.82, 2.24) is 5.32 Å². The van der Waals surface area contributed by atoms with Crippen LogP contribution < -0.4 is 20.1 Å². The number of anilines is 1. The number of hydrogen-bond acceptors (Lipinski definition) is 5. The summed E-state index contributed by atoms with van der Waals surface area (Å²) in [4.78, 5) is 0. The molecule has 19 heavy (non-hydrogen) atoms. The van der Waals surface area contributed by atoms with Crippen LogP contribution in [0.2, 0.25) is 0 Å². The third kappa shape index (κ3) is 4.01. The fourth-order valence-corrected chi connectivity index (χ4v) is 2.13. The summed E-state index contributed by atoms with van der Waals surface area (Å²) in [6.45, 7) is 3.43. The van der Waals surface area contributed by atoms with E-state index in [0.717, 1.165) is 49.9 Å². The van der Waals surface area contributed by atoms with Crippen LogP contribution in [0.15, 0.2) is 18.2 Å². The minimum Gasteiger partial charge on any atom is -0.497 e. The van der Waals surface area contributed by atoms with Crippen molar-refractivity contribution in [2.45, 2.75) is 12.5 Å². The van der Waals surface area contributed by atoms with Crippen LogP contribution in [0.25, 0.3) is 0 Å². The van der Waals surface area contributed by atoms with E-state index in [-0.39, 0.29) is 0 Å². The summed E-state index contributed by atoms with van der Waals surface area (Å²) in [7, 11) is 3.31. The van der Waals surface area contributed by atoms with Gasteiger partial charge in [0.25, 0.3) is 0 Å². The van der Waals surface area contributed by atoms with Crippen molar-refractivity contribution in [1.29, 1.82) is 0 Å². The van der Waals surface area contributed by atoms with Crippen molar-refractivity contribution < 1.29 is 14.2 Å². The molecule has 0 saturated carbocycles. The normalized spacial score (nSPS) is 18.9. The number of nitrogens with one attached hydrogen (secondary N) is 2. The van der Waals surface area contributed by atoms with Gasteiger partial charge in [-0.1, -0.05) is 0 Å². The first-order chi connectivity index (χ1) is 9.33. The molecule has 0 spiro atoms. The van der Waals surface area contributed by atoms with Gasteiger partial charge in [0.1, 0.15) is 11.5 Å². The van der Waals surface area contributed by atoms with E-state index in [4.69, 9.17) is 14.2 Å². The second-order valence-electron chi connectivity index (χ2n) is 4.51. The zero-order valence-electron chi connectivity index (χ0n) is 11.6. The third-order valence-electron chi connectivity index (χ3n) is 3.22. The van der Waals surface area contributed by atoms with Crippen molar-refractivity contribution in [3.8, 4) is 11.5 Å². The summed E-state index contributed by atoms with van der Waals surface area (Å²) in [6, 6.07) is 6.21. The van der Waals surface area contributed by atoms with Gasteiger partial charge in [0.05, 0.1) is 33.1 Å². The molecule has 106 valence electrons. The Morgan fingerprint density at radius 1 is 1.37 bits per heavy atom. The molecule has 1 aliphatic heterocycles. The molecular weight excluding hydrogens is 244 g/mol. The zero-order valence-corrected chi connectivity index (χ0v) is 11.6. The Morgan fingerprint density at radius 2 is 2.26 bits per heavy atom. The highest BCUT2D eigenvalue weighted by Crippen LogP contribution is 2.28. The number of morpholine rings is 1. The fourth-order valence-electron chi connectivity index (χ4n) is 2.13. The quantitative estimate of drug-likeness (QED) is 0.817. The summed E-state index contributed by atoms with van der Waals surface area (Å²) in [5.41, 5.74) is 0.986. The largest absolute Gasteiger partial charge is 0.497 e. The second kappa shape index (κ2) is 7.21. The molecular formula is C14H22N2O3. The minimum absolute atomic E-state index is 0.436. The average Bonchev–Trinajstić information content (AvgIpc) is 2.48. The topological polar surface area (TPSA) is 51.8 Å². The van der Waals surface area contributed by atoms with E-state index in [1.54, 1.807) is 14.2 Å². The lowest BCUT2D eigenvalue weighted by Gasteiger charge is -2.24. The maximum atomic E-state index is 5.43. The van der Waals surface area contributed by atoms with Crippen molar-refractivity contribution >= 4 is 5.69 Å². The highest BCUT2D eigenvalue weighted by molar-refractivity contribution is 5.59. The van der Waals surface area contributed by atoms with Gasteiger partial charge in [-0.2, -0.15) is 0 Å². The van der Waals surface area contributed by atoms with Gasteiger partial charge in [-0.05, 0) is 18.6 Å². The van der Waals surface area contributed by atoms with Gasteiger partial charge in [0.2, 0.25) is 0 Å². The Bertz CT molecular complexity index is 392. The number of rotatable bonds is 6. The minimum atomic E-state index is 0.436. The zero-order chi connectivity index (χ0) is 13.5. The third-order valence-corrected chi connectivity index (χ3v) is 3.22. The van der Waals surface area contributed by atoms with Gasteiger partial charge in [0.15, 0.2) is 0 Å². The first kappa shape index (κ1) is 14.0. The van der Waals surface area contributed by atoms with E-state index in [1.807, 2.05) is 18.2 Å². The van der Waals surface area contributed by atoms with Gasteiger partial charge >= 0.3 is 0 Å². The van der Waals surface area contributed by atoms with Gasteiger partial charge in [-0.15, -0.1) is 0 Å². The smallest absolute Gasteiger partial charge is 0.145 e. The molecule has 0 bridgehead atoms. The lowest BCUT2D eigenvalue weighted by Crippen LogP contribution is -2.42. The molecule has 2 rings (SSSR count). The van der Waals surface area contributed by atoms with Crippen molar-refractivity contribution in [2.75, 3.05) is 45.8 Å². The van der Waals surface area contributed by atoms with E-state index < -0.39 is 0 Å². The van der Waals surface area contributed by atoms with Crippen molar-refractivity contribution in [2.24, 2.45) is 0 Å². The van der Waals surface area contributed by atoms with Crippen LogP contribution in [-0.4, -0.2) is 46.6 Å². The molecule has 1 aromatic carbocycles. The van der Waals surface area contributed by atoms with Gasteiger partial charge in [-0.3, -0.25) is 0 Å². The predicted molar refractivity (Wildman–Crippen MR) is 75.3 cm³/mol. The summed E-state index contributed by atoms with van der Waals surface area (Å²) in [5, 5.41) is 6.82. The molecule has 0 aliphatic carbocycles. The van der Waals surface area contributed by atoms with Crippen LogP contribution in [0, 0.1) is 0 Å². The second-order valence-corrected chi connectivity index (χ2v) is 4.51. The van der Waals surface area contributed by atoms with Crippen LogP contribution in [0.4, 0.5) is 5.69 Å².